The molecule has 0 spiro atoms. The molecule has 15 heavy (non-hydrogen) atoms. The largest absolute Gasteiger partial charge is 0.377 e. The molecule has 0 radical (unpaired) electrons. The Kier molecular flexibility index (Phi) is 4.00. The van der Waals surface area contributed by atoms with E-state index in [0.717, 1.165) is 38.2 Å². The Morgan fingerprint density at radius 1 is 1.40 bits per heavy atom. The first-order valence-corrected chi connectivity index (χ1v) is 6.37. The van der Waals surface area contributed by atoms with Crippen LogP contribution in [-0.2, 0) is 4.74 Å². The molecule has 3 nitrogen and oxygen atoms in total. The summed E-state index contributed by atoms with van der Waals surface area (Å²) in [7, 11) is 0. The zero-order chi connectivity index (χ0) is 10.7. The van der Waals surface area contributed by atoms with Crippen LogP contribution >= 0.6 is 0 Å². The summed E-state index contributed by atoms with van der Waals surface area (Å²) < 4.78 is 5.72. The third kappa shape index (κ3) is 2.71. The Morgan fingerprint density at radius 3 is 2.80 bits per heavy atom. The third-order valence-corrected chi connectivity index (χ3v) is 3.81. The first kappa shape index (κ1) is 11.4. The zero-order valence-electron chi connectivity index (χ0n) is 10.0. The van der Waals surface area contributed by atoms with Gasteiger partial charge in [0.15, 0.2) is 0 Å². The topological polar surface area (TPSA) is 24.5 Å². The van der Waals surface area contributed by atoms with Crippen molar-refractivity contribution in [1.29, 1.82) is 0 Å². The zero-order valence-corrected chi connectivity index (χ0v) is 10.0. The molecular formula is C12H24N2O. The maximum atomic E-state index is 5.72. The van der Waals surface area contributed by atoms with Crippen molar-refractivity contribution in [2.24, 2.45) is 5.92 Å². The fourth-order valence-electron chi connectivity index (χ4n) is 2.83. The van der Waals surface area contributed by atoms with Crippen molar-refractivity contribution in [3.63, 3.8) is 0 Å². The molecule has 0 aromatic heterocycles. The molecule has 2 rings (SSSR count). The van der Waals surface area contributed by atoms with E-state index in [1.54, 1.807) is 0 Å². The highest BCUT2D eigenvalue weighted by atomic mass is 16.5. The van der Waals surface area contributed by atoms with Gasteiger partial charge in [-0.1, -0.05) is 13.8 Å². The van der Waals surface area contributed by atoms with Crippen molar-refractivity contribution < 1.29 is 4.74 Å². The molecule has 0 aromatic carbocycles. The lowest BCUT2D eigenvalue weighted by molar-refractivity contribution is 0.0558. The lowest BCUT2D eigenvalue weighted by Gasteiger charge is -2.31. The number of nitrogens with one attached hydrogen (secondary N) is 1. The van der Waals surface area contributed by atoms with Gasteiger partial charge < -0.3 is 10.1 Å². The Labute approximate surface area is 93.2 Å². The first-order valence-electron chi connectivity index (χ1n) is 6.37. The molecule has 1 N–H and O–H groups in total. The van der Waals surface area contributed by atoms with Gasteiger partial charge in [0.1, 0.15) is 0 Å². The van der Waals surface area contributed by atoms with Gasteiger partial charge in [0.2, 0.25) is 0 Å². The molecule has 3 heteroatoms. The molecule has 0 saturated carbocycles. The standard InChI is InChI=1S/C12H24N2O/c1-3-14(9-11-5-4-6-15-11)12-8-13-7-10(12)2/h10-13H,3-9H2,1-2H3. The molecule has 2 heterocycles. The summed E-state index contributed by atoms with van der Waals surface area (Å²) in [6.07, 6.45) is 3.00. The molecule has 3 unspecified atom stereocenters. The van der Waals surface area contributed by atoms with E-state index in [1.807, 2.05) is 0 Å². The second-order valence-electron chi connectivity index (χ2n) is 4.93. The molecule has 2 fully saturated rings. The minimum absolute atomic E-state index is 0.498. The molecular weight excluding hydrogens is 188 g/mol. The van der Waals surface area contributed by atoms with Crippen molar-refractivity contribution in [2.45, 2.75) is 38.8 Å². The number of ether oxygens (including phenoxy) is 1. The van der Waals surface area contributed by atoms with E-state index in [4.69, 9.17) is 4.74 Å². The first-order chi connectivity index (χ1) is 7.31. The summed E-state index contributed by atoms with van der Waals surface area (Å²) in [6, 6.07) is 0.721. The predicted octanol–water partition coefficient (Wildman–Crippen LogP) is 1.10. The van der Waals surface area contributed by atoms with Gasteiger partial charge >= 0.3 is 0 Å². The summed E-state index contributed by atoms with van der Waals surface area (Å²) in [4.78, 5) is 2.60. The minimum atomic E-state index is 0.498. The number of hydrogen-bond acceptors (Lipinski definition) is 3. The quantitative estimate of drug-likeness (QED) is 0.755. The lowest BCUT2D eigenvalue weighted by atomic mass is 10.0. The molecule has 0 aliphatic carbocycles. The van der Waals surface area contributed by atoms with Crippen LogP contribution in [-0.4, -0.2) is 49.8 Å². The number of likely N-dealkylation sites (N-methyl/N-ethyl adjacent to an activating group) is 1. The Balaban J connectivity index is 1.85. The fraction of sp³-hybridized carbons (Fsp3) is 1.00. The molecule has 0 aromatic rings. The summed E-state index contributed by atoms with van der Waals surface area (Å²) >= 11 is 0. The normalized spacial score (nSPS) is 36.6. The lowest BCUT2D eigenvalue weighted by Crippen LogP contribution is -2.43. The van der Waals surface area contributed by atoms with Crippen molar-refractivity contribution >= 4 is 0 Å². The van der Waals surface area contributed by atoms with Crippen molar-refractivity contribution in [3.05, 3.63) is 0 Å². The molecule has 0 amide bonds. The smallest absolute Gasteiger partial charge is 0.0702 e. The van der Waals surface area contributed by atoms with Crippen molar-refractivity contribution in [3.8, 4) is 0 Å². The highest BCUT2D eigenvalue weighted by Crippen LogP contribution is 2.19. The van der Waals surface area contributed by atoms with Crippen LogP contribution in [0.25, 0.3) is 0 Å². The molecule has 2 saturated heterocycles. The van der Waals surface area contributed by atoms with Gasteiger partial charge in [-0.05, 0) is 31.8 Å². The van der Waals surface area contributed by atoms with Crippen LogP contribution in [0.2, 0.25) is 0 Å². The van der Waals surface area contributed by atoms with Crippen LogP contribution in [0.15, 0.2) is 0 Å². The predicted molar refractivity (Wildman–Crippen MR) is 62.0 cm³/mol. The number of nitrogens with zero attached hydrogens (tertiary/aromatic N) is 1. The monoisotopic (exact) mass is 212 g/mol. The van der Waals surface area contributed by atoms with E-state index < -0.39 is 0 Å². The highest BCUT2D eigenvalue weighted by Gasteiger charge is 2.30. The van der Waals surface area contributed by atoms with E-state index in [1.165, 1.54) is 19.4 Å². The molecule has 2 aliphatic rings. The van der Waals surface area contributed by atoms with Crippen LogP contribution in [0.1, 0.15) is 26.7 Å². The van der Waals surface area contributed by atoms with Crippen LogP contribution in [0.5, 0.6) is 0 Å². The summed E-state index contributed by atoms with van der Waals surface area (Å²) in [5.41, 5.74) is 0. The summed E-state index contributed by atoms with van der Waals surface area (Å²) in [5, 5.41) is 3.48. The maximum Gasteiger partial charge on any atom is 0.0702 e. The van der Waals surface area contributed by atoms with Gasteiger partial charge in [-0.3, -0.25) is 4.90 Å². The average molecular weight is 212 g/mol. The van der Waals surface area contributed by atoms with Gasteiger partial charge in [0.25, 0.3) is 0 Å². The van der Waals surface area contributed by atoms with E-state index in [0.29, 0.717) is 6.10 Å². The summed E-state index contributed by atoms with van der Waals surface area (Å²) in [6.45, 7) is 10.2. The van der Waals surface area contributed by atoms with Gasteiger partial charge in [0.05, 0.1) is 6.10 Å². The van der Waals surface area contributed by atoms with Crippen LogP contribution < -0.4 is 5.32 Å². The molecule has 2 aliphatic heterocycles. The molecule has 88 valence electrons. The van der Waals surface area contributed by atoms with E-state index in [9.17, 15) is 0 Å². The Bertz CT molecular complexity index is 192. The number of rotatable bonds is 4. The van der Waals surface area contributed by atoms with Crippen LogP contribution in [0.4, 0.5) is 0 Å². The van der Waals surface area contributed by atoms with E-state index >= 15 is 0 Å². The van der Waals surface area contributed by atoms with Crippen LogP contribution in [0, 0.1) is 5.92 Å². The second-order valence-corrected chi connectivity index (χ2v) is 4.93. The van der Waals surface area contributed by atoms with Crippen molar-refractivity contribution in [2.75, 3.05) is 32.8 Å². The minimum Gasteiger partial charge on any atom is -0.377 e. The van der Waals surface area contributed by atoms with E-state index in [-0.39, 0.29) is 0 Å². The SMILES string of the molecule is CCN(CC1CCCO1)C1CNCC1C. The van der Waals surface area contributed by atoms with Gasteiger partial charge in [-0.15, -0.1) is 0 Å². The fourth-order valence-corrected chi connectivity index (χ4v) is 2.83. The van der Waals surface area contributed by atoms with Gasteiger partial charge in [-0.2, -0.15) is 0 Å². The number of hydrogen-bond donors (Lipinski definition) is 1. The maximum absolute atomic E-state index is 5.72. The highest BCUT2D eigenvalue weighted by molar-refractivity contribution is 4.87. The Hall–Kier alpha value is -0.120. The van der Waals surface area contributed by atoms with Gasteiger partial charge in [-0.25, -0.2) is 0 Å². The van der Waals surface area contributed by atoms with E-state index in [2.05, 4.69) is 24.1 Å². The molecule has 0 bridgehead atoms. The van der Waals surface area contributed by atoms with Crippen LogP contribution in [0.3, 0.4) is 0 Å². The Morgan fingerprint density at radius 2 is 2.27 bits per heavy atom. The molecule has 3 atom stereocenters. The average Bonchev–Trinajstić information content (AvgIpc) is 2.85. The summed E-state index contributed by atoms with van der Waals surface area (Å²) in [5.74, 6) is 0.784. The van der Waals surface area contributed by atoms with Gasteiger partial charge in [0, 0.05) is 25.7 Å². The second kappa shape index (κ2) is 5.28. The third-order valence-electron chi connectivity index (χ3n) is 3.81. The van der Waals surface area contributed by atoms with Crippen molar-refractivity contribution in [1.82, 2.24) is 10.2 Å².